The minimum absolute atomic E-state index is 0.0529. The Kier molecular flexibility index (Phi) is 26.3. The van der Waals surface area contributed by atoms with Gasteiger partial charge in [0.1, 0.15) is 0 Å². The zero-order valence-corrected chi connectivity index (χ0v) is 27.9. The van der Waals surface area contributed by atoms with Crippen molar-refractivity contribution in [1.29, 1.82) is 0 Å². The zero-order valence-electron chi connectivity index (χ0n) is 27.9. The maximum atomic E-state index is 12.7. The number of hydrogen-bond acceptors (Lipinski definition) is 5. The quantitative estimate of drug-likeness (QED) is 0.0541. The van der Waals surface area contributed by atoms with Crippen LogP contribution >= 0.6 is 0 Å². The number of aliphatic hydroxyl groups excluding tert-OH is 1. The van der Waals surface area contributed by atoms with Crippen molar-refractivity contribution in [2.75, 3.05) is 33.4 Å². The Morgan fingerprint density at radius 3 is 1.63 bits per heavy atom. The molecular weight excluding hydrogens is 510 g/mol. The summed E-state index contributed by atoms with van der Waals surface area (Å²) >= 11 is 0. The summed E-state index contributed by atoms with van der Waals surface area (Å²) in [6, 6.07) is 0. The van der Waals surface area contributed by atoms with Crippen molar-refractivity contribution >= 4 is 5.97 Å². The van der Waals surface area contributed by atoms with Crippen molar-refractivity contribution in [2.45, 2.75) is 181 Å². The van der Waals surface area contributed by atoms with E-state index in [0.717, 1.165) is 45.2 Å². The molecule has 1 fully saturated rings. The summed E-state index contributed by atoms with van der Waals surface area (Å²) in [6.07, 6.45) is 29.9. The number of unbranched alkanes of at least 4 members (excludes halogenated alkanes) is 17. The number of esters is 1. The summed E-state index contributed by atoms with van der Waals surface area (Å²) in [5.74, 6) is 0.677. The summed E-state index contributed by atoms with van der Waals surface area (Å²) in [5.41, 5.74) is 0. The average molecular weight is 582 g/mol. The molecule has 1 saturated heterocycles. The highest BCUT2D eigenvalue weighted by molar-refractivity contribution is 5.72. The smallest absolute Gasteiger partial charge is 0.309 e. The van der Waals surface area contributed by atoms with Crippen LogP contribution in [0.15, 0.2) is 0 Å². The Hall–Kier alpha value is -0.650. The molecule has 0 aromatic heterocycles. The van der Waals surface area contributed by atoms with Gasteiger partial charge in [0.05, 0.1) is 12.5 Å². The molecule has 5 heteroatoms. The summed E-state index contributed by atoms with van der Waals surface area (Å²) in [7, 11) is 2.14. The van der Waals surface area contributed by atoms with Crippen molar-refractivity contribution < 1.29 is 19.4 Å². The van der Waals surface area contributed by atoms with E-state index in [1.807, 2.05) is 0 Å². The van der Waals surface area contributed by atoms with Crippen molar-refractivity contribution in [1.82, 2.24) is 4.90 Å². The van der Waals surface area contributed by atoms with Gasteiger partial charge < -0.3 is 19.5 Å². The Bertz CT molecular complexity index is 564. The van der Waals surface area contributed by atoms with Crippen LogP contribution < -0.4 is 0 Å². The minimum Gasteiger partial charge on any atom is -0.465 e. The average Bonchev–Trinajstić information content (AvgIpc) is 2.97. The Morgan fingerprint density at radius 1 is 0.683 bits per heavy atom. The highest BCUT2D eigenvalue weighted by atomic mass is 16.6. The number of hydrogen-bond donors (Lipinski definition) is 1. The second-order valence-electron chi connectivity index (χ2n) is 13.1. The predicted octanol–water partition coefficient (Wildman–Crippen LogP) is 9.83. The minimum atomic E-state index is -0.583. The zero-order chi connectivity index (χ0) is 29.8. The fourth-order valence-corrected chi connectivity index (χ4v) is 6.08. The maximum absolute atomic E-state index is 12.7. The van der Waals surface area contributed by atoms with E-state index in [9.17, 15) is 9.90 Å². The van der Waals surface area contributed by atoms with Crippen LogP contribution in [0.3, 0.4) is 0 Å². The van der Waals surface area contributed by atoms with E-state index in [4.69, 9.17) is 9.47 Å². The van der Waals surface area contributed by atoms with E-state index in [1.54, 1.807) is 0 Å². The van der Waals surface area contributed by atoms with E-state index >= 15 is 0 Å². The van der Waals surface area contributed by atoms with Gasteiger partial charge in [-0.3, -0.25) is 4.79 Å². The normalized spacial score (nSPS) is 16.2. The largest absolute Gasteiger partial charge is 0.465 e. The maximum Gasteiger partial charge on any atom is 0.309 e. The molecule has 0 aromatic rings. The number of piperidine rings is 1. The number of aliphatic hydroxyl groups is 1. The van der Waals surface area contributed by atoms with E-state index in [0.29, 0.717) is 19.1 Å². The van der Waals surface area contributed by atoms with E-state index in [2.05, 4.69) is 25.8 Å². The lowest BCUT2D eigenvalue weighted by atomic mass is 9.94. The van der Waals surface area contributed by atoms with E-state index < -0.39 is 6.29 Å². The van der Waals surface area contributed by atoms with Crippen molar-refractivity contribution in [3.05, 3.63) is 0 Å². The van der Waals surface area contributed by atoms with Gasteiger partial charge >= 0.3 is 5.97 Å². The first-order chi connectivity index (χ1) is 20.1. The Morgan fingerprint density at radius 2 is 1.12 bits per heavy atom. The standard InChI is InChI=1S/C36H71NO4/c1-4-6-8-10-12-13-16-20-24-33(32-41-36(39)34-27-29-37(3)30-28-34)25-21-17-14-15-18-22-26-35(38)40-31-23-19-11-9-7-5-2/h33-35,38H,4-32H2,1-3H3/t33-,35?/m1/s1. The molecule has 5 nitrogen and oxygen atoms in total. The molecule has 1 aliphatic rings. The molecule has 1 N–H and O–H groups in total. The van der Waals surface area contributed by atoms with Crippen LogP contribution in [0.5, 0.6) is 0 Å². The van der Waals surface area contributed by atoms with E-state index in [-0.39, 0.29) is 11.9 Å². The predicted molar refractivity (Wildman–Crippen MR) is 174 cm³/mol. The molecule has 244 valence electrons. The molecule has 0 aliphatic carbocycles. The monoisotopic (exact) mass is 582 g/mol. The molecule has 1 heterocycles. The summed E-state index contributed by atoms with van der Waals surface area (Å²) < 4.78 is 11.5. The van der Waals surface area contributed by atoms with Crippen molar-refractivity contribution in [3.8, 4) is 0 Å². The molecule has 1 rings (SSSR count). The van der Waals surface area contributed by atoms with Crippen LogP contribution in [0.1, 0.15) is 174 Å². The van der Waals surface area contributed by atoms with Gasteiger partial charge in [-0.25, -0.2) is 0 Å². The van der Waals surface area contributed by atoms with E-state index in [1.165, 1.54) is 128 Å². The molecule has 0 bridgehead atoms. The molecule has 1 aliphatic heterocycles. The van der Waals surface area contributed by atoms with Crippen LogP contribution in [0.4, 0.5) is 0 Å². The van der Waals surface area contributed by atoms with Crippen LogP contribution in [0.2, 0.25) is 0 Å². The molecule has 2 atom stereocenters. The first-order valence-electron chi connectivity index (χ1n) is 18.2. The molecule has 1 unspecified atom stereocenters. The van der Waals surface area contributed by atoms with Crippen LogP contribution in [0.25, 0.3) is 0 Å². The van der Waals surface area contributed by atoms with Gasteiger partial charge in [-0.05, 0) is 71.0 Å². The molecule has 0 amide bonds. The number of ether oxygens (including phenoxy) is 2. The Labute approximate surface area is 255 Å². The number of carbonyl (C=O) groups is 1. The van der Waals surface area contributed by atoms with Gasteiger partial charge in [-0.1, -0.05) is 129 Å². The number of carbonyl (C=O) groups excluding carboxylic acids is 1. The van der Waals surface area contributed by atoms with Crippen LogP contribution in [-0.2, 0) is 14.3 Å². The fourth-order valence-electron chi connectivity index (χ4n) is 6.08. The molecule has 0 spiro atoms. The van der Waals surface area contributed by atoms with Crippen LogP contribution in [0, 0.1) is 11.8 Å². The van der Waals surface area contributed by atoms with Gasteiger partial charge in [0.15, 0.2) is 6.29 Å². The van der Waals surface area contributed by atoms with Gasteiger partial charge in [0.2, 0.25) is 0 Å². The van der Waals surface area contributed by atoms with Gasteiger partial charge in [-0.15, -0.1) is 0 Å². The topological polar surface area (TPSA) is 59.0 Å². The summed E-state index contributed by atoms with van der Waals surface area (Å²) in [6.45, 7) is 7.85. The second-order valence-corrected chi connectivity index (χ2v) is 13.1. The van der Waals surface area contributed by atoms with Gasteiger partial charge in [0.25, 0.3) is 0 Å². The third-order valence-corrected chi connectivity index (χ3v) is 9.10. The van der Waals surface area contributed by atoms with Crippen molar-refractivity contribution in [2.24, 2.45) is 11.8 Å². The molecule has 41 heavy (non-hydrogen) atoms. The first-order valence-corrected chi connectivity index (χ1v) is 18.2. The lowest BCUT2D eigenvalue weighted by molar-refractivity contribution is -0.151. The SMILES string of the molecule is CCCCCCCCCC[C@H](CCCCCCCCC(O)OCCCCCCCC)COC(=O)C1CCN(C)CC1. The first kappa shape index (κ1) is 38.4. The number of nitrogens with zero attached hydrogens (tertiary/aromatic N) is 1. The lowest BCUT2D eigenvalue weighted by Gasteiger charge is -2.28. The number of rotatable bonds is 29. The lowest BCUT2D eigenvalue weighted by Crippen LogP contribution is -2.34. The summed E-state index contributed by atoms with van der Waals surface area (Å²) in [4.78, 5) is 15.0. The molecule has 0 aromatic carbocycles. The van der Waals surface area contributed by atoms with Gasteiger partial charge in [0, 0.05) is 6.61 Å². The third kappa shape index (κ3) is 23.5. The molecular formula is C36H71NO4. The van der Waals surface area contributed by atoms with Crippen LogP contribution in [-0.4, -0.2) is 55.6 Å². The fraction of sp³-hybridized carbons (Fsp3) is 0.972. The molecule has 0 saturated carbocycles. The Balaban J connectivity index is 2.15. The molecule has 0 radical (unpaired) electrons. The second kappa shape index (κ2) is 28.1. The van der Waals surface area contributed by atoms with Crippen molar-refractivity contribution in [3.63, 3.8) is 0 Å². The highest BCUT2D eigenvalue weighted by Crippen LogP contribution is 2.23. The third-order valence-electron chi connectivity index (χ3n) is 9.10. The van der Waals surface area contributed by atoms with Gasteiger partial charge in [-0.2, -0.15) is 0 Å². The highest BCUT2D eigenvalue weighted by Gasteiger charge is 2.25. The number of likely N-dealkylation sites (tertiary alicyclic amines) is 1. The summed E-state index contributed by atoms with van der Waals surface area (Å²) in [5, 5.41) is 10.1.